The molecule has 0 saturated carbocycles. The van der Waals surface area contributed by atoms with E-state index in [1.807, 2.05) is 0 Å². The fourth-order valence-corrected chi connectivity index (χ4v) is 1.50. The van der Waals surface area contributed by atoms with Gasteiger partial charge in [-0.05, 0) is 12.1 Å². The third kappa shape index (κ3) is 1.52. The van der Waals surface area contributed by atoms with E-state index >= 15 is 0 Å². The topological polar surface area (TPSA) is 43.8 Å². The van der Waals surface area contributed by atoms with Gasteiger partial charge >= 0.3 is 0 Å². The Morgan fingerprint density at radius 1 is 1.19 bits per heavy atom. The molecule has 1 heterocycles. The first-order chi connectivity index (χ1) is 7.50. The molecule has 0 fully saturated rings. The number of rotatable bonds is 1. The molecule has 0 amide bonds. The summed E-state index contributed by atoms with van der Waals surface area (Å²) >= 11 is 0. The van der Waals surface area contributed by atoms with Crippen LogP contribution in [0.2, 0.25) is 0 Å². The van der Waals surface area contributed by atoms with E-state index < -0.39 is 17.5 Å². The number of aryl methyl sites for hydroxylation is 1. The molecule has 0 spiro atoms. The van der Waals surface area contributed by atoms with Crippen molar-refractivity contribution in [2.75, 3.05) is 5.73 Å². The van der Waals surface area contributed by atoms with Crippen molar-refractivity contribution in [1.29, 1.82) is 0 Å². The number of halogens is 3. The molecule has 0 unspecified atom stereocenters. The molecular weight excluding hydrogens is 219 g/mol. The molecule has 0 aliphatic heterocycles. The fraction of sp³-hybridized carbons (Fsp3) is 0.100. The number of hydrogen-bond acceptors (Lipinski definition) is 2. The summed E-state index contributed by atoms with van der Waals surface area (Å²) in [5.74, 6) is -4.00. The van der Waals surface area contributed by atoms with Crippen LogP contribution in [-0.2, 0) is 7.05 Å². The zero-order chi connectivity index (χ0) is 11.9. The average molecular weight is 227 g/mol. The summed E-state index contributed by atoms with van der Waals surface area (Å²) in [5, 5.41) is 3.83. The van der Waals surface area contributed by atoms with E-state index in [1.54, 1.807) is 7.05 Å². The van der Waals surface area contributed by atoms with Crippen LogP contribution in [0.25, 0.3) is 11.3 Å². The lowest BCUT2D eigenvalue weighted by Gasteiger charge is -2.05. The van der Waals surface area contributed by atoms with Crippen molar-refractivity contribution in [2.24, 2.45) is 7.05 Å². The molecular formula is C10H8F3N3. The zero-order valence-electron chi connectivity index (χ0n) is 8.34. The van der Waals surface area contributed by atoms with E-state index in [-0.39, 0.29) is 11.3 Å². The fourth-order valence-electron chi connectivity index (χ4n) is 1.50. The van der Waals surface area contributed by atoms with Crippen LogP contribution in [0.3, 0.4) is 0 Å². The van der Waals surface area contributed by atoms with Crippen LogP contribution in [0.4, 0.5) is 18.9 Å². The Balaban J connectivity index is 2.66. The minimum atomic E-state index is -1.50. The van der Waals surface area contributed by atoms with Gasteiger partial charge in [-0.15, -0.1) is 0 Å². The van der Waals surface area contributed by atoms with Gasteiger partial charge < -0.3 is 5.73 Å². The van der Waals surface area contributed by atoms with Gasteiger partial charge in [0.05, 0.1) is 17.6 Å². The Bertz CT molecular complexity index is 506. The maximum atomic E-state index is 13.0. The highest BCUT2D eigenvalue weighted by Gasteiger charge is 2.15. The van der Waals surface area contributed by atoms with Crippen molar-refractivity contribution in [1.82, 2.24) is 9.78 Å². The highest BCUT2D eigenvalue weighted by Crippen LogP contribution is 2.27. The Labute approximate surface area is 89.3 Å². The second kappa shape index (κ2) is 3.55. The van der Waals surface area contributed by atoms with Gasteiger partial charge in [-0.2, -0.15) is 5.10 Å². The lowest BCUT2D eigenvalue weighted by atomic mass is 10.1. The average Bonchev–Trinajstić information content (AvgIpc) is 2.54. The van der Waals surface area contributed by atoms with Gasteiger partial charge in [0.25, 0.3) is 0 Å². The van der Waals surface area contributed by atoms with Gasteiger partial charge in [0.1, 0.15) is 0 Å². The van der Waals surface area contributed by atoms with E-state index in [9.17, 15) is 13.2 Å². The van der Waals surface area contributed by atoms with Crippen molar-refractivity contribution in [3.63, 3.8) is 0 Å². The number of nitrogens with two attached hydrogens (primary N) is 1. The first-order valence-electron chi connectivity index (χ1n) is 4.43. The Kier molecular flexibility index (Phi) is 2.34. The van der Waals surface area contributed by atoms with E-state index in [2.05, 4.69) is 5.10 Å². The van der Waals surface area contributed by atoms with Gasteiger partial charge in [-0.3, -0.25) is 4.68 Å². The van der Waals surface area contributed by atoms with Crippen LogP contribution in [0.1, 0.15) is 0 Å². The Morgan fingerprint density at radius 3 is 2.19 bits per heavy atom. The third-order valence-corrected chi connectivity index (χ3v) is 2.22. The predicted molar refractivity (Wildman–Crippen MR) is 52.9 cm³/mol. The lowest BCUT2D eigenvalue weighted by Crippen LogP contribution is -1.99. The number of hydrogen-bond donors (Lipinski definition) is 1. The molecule has 1 aromatic carbocycles. The van der Waals surface area contributed by atoms with E-state index in [0.717, 1.165) is 12.1 Å². The summed E-state index contributed by atoms with van der Waals surface area (Å²) in [6, 6.07) is 1.76. The molecule has 0 radical (unpaired) electrons. The number of anilines is 1. The van der Waals surface area contributed by atoms with Crippen LogP contribution < -0.4 is 5.73 Å². The normalized spacial score (nSPS) is 10.8. The summed E-state index contributed by atoms with van der Waals surface area (Å²) in [6.45, 7) is 0. The number of benzene rings is 1. The summed E-state index contributed by atoms with van der Waals surface area (Å²) in [6.07, 6.45) is 1.36. The SMILES string of the molecule is Cn1ncc(N)c1-c1cc(F)c(F)c(F)c1. The second-order valence-corrected chi connectivity index (χ2v) is 3.33. The number of nitrogens with zero attached hydrogens (tertiary/aromatic N) is 2. The van der Waals surface area contributed by atoms with E-state index in [4.69, 9.17) is 5.73 Å². The van der Waals surface area contributed by atoms with Crippen molar-refractivity contribution in [3.8, 4) is 11.3 Å². The number of nitrogen functional groups attached to an aromatic ring is 1. The highest BCUT2D eigenvalue weighted by atomic mass is 19.2. The zero-order valence-corrected chi connectivity index (χ0v) is 8.34. The van der Waals surface area contributed by atoms with Crippen LogP contribution in [-0.4, -0.2) is 9.78 Å². The lowest BCUT2D eigenvalue weighted by molar-refractivity contribution is 0.447. The van der Waals surface area contributed by atoms with Crippen LogP contribution >= 0.6 is 0 Å². The first kappa shape index (κ1) is 10.5. The maximum absolute atomic E-state index is 13.0. The van der Waals surface area contributed by atoms with Crippen molar-refractivity contribution >= 4 is 5.69 Å². The van der Waals surface area contributed by atoms with Gasteiger partial charge in [0, 0.05) is 12.6 Å². The van der Waals surface area contributed by atoms with Crippen molar-refractivity contribution in [2.45, 2.75) is 0 Å². The molecule has 0 aliphatic rings. The van der Waals surface area contributed by atoms with E-state index in [0.29, 0.717) is 5.69 Å². The minimum Gasteiger partial charge on any atom is -0.396 e. The molecule has 84 valence electrons. The molecule has 0 atom stereocenters. The molecule has 16 heavy (non-hydrogen) atoms. The summed E-state index contributed by atoms with van der Waals surface area (Å²) < 4.78 is 40.1. The van der Waals surface area contributed by atoms with Gasteiger partial charge in [0.15, 0.2) is 17.5 Å². The molecule has 1 aromatic heterocycles. The molecule has 2 N–H and O–H groups in total. The summed E-state index contributed by atoms with van der Waals surface area (Å²) in [5.41, 5.74) is 6.35. The quantitative estimate of drug-likeness (QED) is 0.758. The molecule has 0 saturated heterocycles. The van der Waals surface area contributed by atoms with Gasteiger partial charge in [-0.1, -0.05) is 0 Å². The summed E-state index contributed by atoms with van der Waals surface area (Å²) in [4.78, 5) is 0. The molecule has 6 heteroatoms. The predicted octanol–water partition coefficient (Wildman–Crippen LogP) is 2.09. The minimum absolute atomic E-state index is 0.147. The molecule has 0 aliphatic carbocycles. The maximum Gasteiger partial charge on any atom is 0.194 e. The van der Waals surface area contributed by atoms with Crippen LogP contribution in [0.15, 0.2) is 18.3 Å². The largest absolute Gasteiger partial charge is 0.396 e. The Hall–Kier alpha value is -1.98. The number of aromatic nitrogens is 2. The molecule has 2 aromatic rings. The second-order valence-electron chi connectivity index (χ2n) is 3.33. The molecule has 2 rings (SSSR count). The standard InChI is InChI=1S/C10H8F3N3/c1-16-10(8(14)4-15-16)5-2-6(11)9(13)7(12)3-5/h2-4H,14H2,1H3. The van der Waals surface area contributed by atoms with E-state index in [1.165, 1.54) is 10.9 Å². The monoisotopic (exact) mass is 227 g/mol. The van der Waals surface area contributed by atoms with Crippen molar-refractivity contribution in [3.05, 3.63) is 35.8 Å². The smallest absolute Gasteiger partial charge is 0.194 e. The first-order valence-corrected chi connectivity index (χ1v) is 4.43. The molecule has 3 nitrogen and oxygen atoms in total. The summed E-state index contributed by atoms with van der Waals surface area (Å²) in [7, 11) is 1.57. The van der Waals surface area contributed by atoms with Crippen LogP contribution in [0, 0.1) is 17.5 Å². The van der Waals surface area contributed by atoms with Gasteiger partial charge in [0.2, 0.25) is 0 Å². The Morgan fingerprint density at radius 2 is 1.75 bits per heavy atom. The van der Waals surface area contributed by atoms with Crippen LogP contribution in [0.5, 0.6) is 0 Å². The van der Waals surface area contributed by atoms with Crippen molar-refractivity contribution < 1.29 is 13.2 Å². The van der Waals surface area contributed by atoms with Gasteiger partial charge in [-0.25, -0.2) is 13.2 Å². The highest BCUT2D eigenvalue weighted by molar-refractivity contribution is 5.72. The third-order valence-electron chi connectivity index (χ3n) is 2.22. The molecule has 0 bridgehead atoms.